The molecule has 0 aliphatic carbocycles. The van der Waals surface area contributed by atoms with Crippen molar-refractivity contribution in [3.63, 3.8) is 0 Å². The summed E-state index contributed by atoms with van der Waals surface area (Å²) in [6.45, 7) is 20.6. The van der Waals surface area contributed by atoms with Crippen molar-refractivity contribution in [3.05, 3.63) is 28.8 Å². The summed E-state index contributed by atoms with van der Waals surface area (Å²) in [5, 5.41) is 3.27. The van der Waals surface area contributed by atoms with E-state index >= 15 is 0 Å². The van der Waals surface area contributed by atoms with Crippen LogP contribution in [0, 0.1) is 18.8 Å². The van der Waals surface area contributed by atoms with Gasteiger partial charge in [0.25, 0.3) is 5.91 Å². The standard InChI is InChI=1S/C39H65N5O4/c1-7-9-10-15-44-29(4)22-28(3)36(39(44)46)25-40-38(45)35-23-32(24-37(30(35)5)41(6)33-13-18-47-19-14-33)31-11-12-34(43(8-2)26-31)27-42-16-20-48-21-17-42/h23-24,28-29,31,33-34,36H,7-22,25-27H2,1-6H3,(H,40,45). The summed E-state index contributed by atoms with van der Waals surface area (Å²) in [6, 6.07) is 5.76. The molecule has 48 heavy (non-hydrogen) atoms. The topological polar surface area (TPSA) is 77.6 Å². The number of piperidine rings is 2. The SMILES string of the molecule is CCCCCN1C(=O)C(CNC(=O)c2cc(C3CCC(CN4CCOCC4)N(CC)C3)cc(N(C)C3CCOCC3)c2C)C(C)CC1C. The Balaban J connectivity index is 1.35. The molecular weight excluding hydrogens is 602 g/mol. The Morgan fingerprint density at radius 1 is 1.00 bits per heavy atom. The molecule has 4 aliphatic rings. The third-order valence-electron chi connectivity index (χ3n) is 12.1. The minimum atomic E-state index is -0.181. The van der Waals surface area contributed by atoms with Gasteiger partial charge < -0.3 is 24.6 Å². The first-order valence-electron chi connectivity index (χ1n) is 19.3. The molecule has 4 aliphatic heterocycles. The van der Waals surface area contributed by atoms with E-state index in [0.29, 0.717) is 24.5 Å². The van der Waals surface area contributed by atoms with Crippen molar-refractivity contribution in [2.75, 3.05) is 84.2 Å². The zero-order valence-corrected chi connectivity index (χ0v) is 31.0. The molecule has 1 aromatic rings. The van der Waals surface area contributed by atoms with Crippen LogP contribution in [0.2, 0.25) is 0 Å². The Hall–Kier alpha value is -2.20. The molecule has 4 fully saturated rings. The van der Waals surface area contributed by atoms with Gasteiger partial charge in [0, 0.05) is 88.9 Å². The van der Waals surface area contributed by atoms with Crippen molar-refractivity contribution in [2.45, 2.75) is 110 Å². The van der Waals surface area contributed by atoms with Crippen LogP contribution in [-0.2, 0) is 14.3 Å². The average molecular weight is 668 g/mol. The fourth-order valence-corrected chi connectivity index (χ4v) is 8.83. The second-order valence-electron chi connectivity index (χ2n) is 15.2. The number of nitrogens with one attached hydrogen (secondary N) is 1. The number of hydrogen-bond donors (Lipinski definition) is 1. The number of amides is 2. The molecule has 0 radical (unpaired) electrons. The number of likely N-dealkylation sites (tertiary alicyclic amines) is 2. The monoisotopic (exact) mass is 668 g/mol. The maximum atomic E-state index is 14.2. The normalized spacial score (nSPS) is 28.1. The number of ether oxygens (including phenoxy) is 2. The van der Waals surface area contributed by atoms with Gasteiger partial charge in [0.2, 0.25) is 5.91 Å². The molecule has 0 bridgehead atoms. The summed E-state index contributed by atoms with van der Waals surface area (Å²) in [5.74, 6) is 0.583. The fourth-order valence-electron chi connectivity index (χ4n) is 8.83. The minimum absolute atomic E-state index is 0.0551. The molecule has 0 saturated carbocycles. The van der Waals surface area contributed by atoms with Gasteiger partial charge in [-0.1, -0.05) is 33.6 Å². The first-order valence-corrected chi connectivity index (χ1v) is 19.3. The fraction of sp³-hybridized carbons (Fsp3) is 0.795. The van der Waals surface area contributed by atoms with Gasteiger partial charge >= 0.3 is 0 Å². The van der Waals surface area contributed by atoms with Crippen molar-refractivity contribution in [1.29, 1.82) is 0 Å². The molecule has 5 unspecified atom stereocenters. The smallest absolute Gasteiger partial charge is 0.251 e. The van der Waals surface area contributed by atoms with Crippen LogP contribution in [0.15, 0.2) is 12.1 Å². The van der Waals surface area contributed by atoms with Crippen LogP contribution in [0.5, 0.6) is 0 Å². The van der Waals surface area contributed by atoms with Gasteiger partial charge in [-0.2, -0.15) is 0 Å². The molecule has 1 N–H and O–H groups in total. The molecule has 270 valence electrons. The van der Waals surface area contributed by atoms with Gasteiger partial charge in [-0.05, 0) is 94.0 Å². The van der Waals surface area contributed by atoms with Gasteiger partial charge in [-0.3, -0.25) is 19.4 Å². The number of carbonyl (C=O) groups excluding carboxylic acids is 2. The van der Waals surface area contributed by atoms with Crippen molar-refractivity contribution in [2.24, 2.45) is 11.8 Å². The maximum Gasteiger partial charge on any atom is 0.251 e. The summed E-state index contributed by atoms with van der Waals surface area (Å²) < 4.78 is 11.3. The Morgan fingerprint density at radius 2 is 1.73 bits per heavy atom. The van der Waals surface area contributed by atoms with Crippen molar-refractivity contribution in [3.8, 4) is 0 Å². The molecule has 0 spiro atoms. The predicted molar refractivity (Wildman–Crippen MR) is 194 cm³/mol. The van der Waals surface area contributed by atoms with Gasteiger partial charge in [-0.15, -0.1) is 0 Å². The van der Waals surface area contributed by atoms with Gasteiger partial charge in [0.05, 0.1) is 19.1 Å². The first kappa shape index (κ1) is 37.1. The van der Waals surface area contributed by atoms with E-state index in [1.165, 1.54) is 5.56 Å². The van der Waals surface area contributed by atoms with Crippen LogP contribution >= 0.6 is 0 Å². The number of carbonyl (C=O) groups is 2. The number of rotatable bonds is 13. The van der Waals surface area contributed by atoms with E-state index in [-0.39, 0.29) is 29.7 Å². The first-order chi connectivity index (χ1) is 23.2. The molecule has 9 nitrogen and oxygen atoms in total. The number of benzene rings is 1. The predicted octanol–water partition coefficient (Wildman–Crippen LogP) is 5.30. The Kier molecular flexibility index (Phi) is 13.6. The van der Waals surface area contributed by atoms with Crippen molar-refractivity contribution >= 4 is 17.5 Å². The second kappa shape index (κ2) is 17.6. The highest BCUT2D eigenvalue weighted by Gasteiger charge is 2.38. The number of hydrogen-bond acceptors (Lipinski definition) is 7. The van der Waals surface area contributed by atoms with E-state index in [4.69, 9.17) is 9.47 Å². The van der Waals surface area contributed by atoms with Crippen LogP contribution in [0.1, 0.15) is 106 Å². The van der Waals surface area contributed by atoms with Crippen molar-refractivity contribution in [1.82, 2.24) is 20.0 Å². The third-order valence-corrected chi connectivity index (χ3v) is 12.1. The van der Waals surface area contributed by atoms with Crippen LogP contribution in [0.4, 0.5) is 5.69 Å². The zero-order chi connectivity index (χ0) is 34.2. The number of anilines is 1. The highest BCUT2D eigenvalue weighted by atomic mass is 16.5. The summed E-state index contributed by atoms with van der Waals surface area (Å²) >= 11 is 0. The molecule has 5 atom stereocenters. The summed E-state index contributed by atoms with van der Waals surface area (Å²) in [6.07, 6.45) is 8.57. The number of likely N-dealkylation sites (N-methyl/N-ethyl adjacent to an activating group) is 1. The molecule has 5 rings (SSSR count). The Labute approximate surface area is 291 Å². The average Bonchev–Trinajstić information content (AvgIpc) is 3.10. The lowest BCUT2D eigenvalue weighted by molar-refractivity contribution is -0.144. The van der Waals surface area contributed by atoms with Crippen LogP contribution in [0.3, 0.4) is 0 Å². The van der Waals surface area contributed by atoms with E-state index in [0.717, 1.165) is 134 Å². The lowest BCUT2D eigenvalue weighted by Crippen LogP contribution is -2.53. The molecule has 4 saturated heterocycles. The van der Waals surface area contributed by atoms with Crippen LogP contribution in [0.25, 0.3) is 0 Å². The quantitative estimate of drug-likeness (QED) is 0.286. The minimum Gasteiger partial charge on any atom is -0.381 e. The van der Waals surface area contributed by atoms with Gasteiger partial charge in [-0.25, -0.2) is 0 Å². The molecule has 2 amide bonds. The molecule has 4 heterocycles. The highest BCUT2D eigenvalue weighted by molar-refractivity contribution is 5.98. The highest BCUT2D eigenvalue weighted by Crippen LogP contribution is 2.37. The van der Waals surface area contributed by atoms with E-state index < -0.39 is 0 Å². The number of morpholine rings is 1. The van der Waals surface area contributed by atoms with Crippen molar-refractivity contribution < 1.29 is 19.1 Å². The number of unbranched alkanes of at least 4 members (excludes halogenated alkanes) is 2. The lowest BCUT2D eigenvalue weighted by atomic mass is 9.82. The van der Waals surface area contributed by atoms with Crippen LogP contribution in [-0.4, -0.2) is 124 Å². The zero-order valence-electron chi connectivity index (χ0n) is 31.0. The van der Waals surface area contributed by atoms with E-state index in [1.54, 1.807) is 0 Å². The third kappa shape index (κ3) is 8.93. The second-order valence-corrected chi connectivity index (χ2v) is 15.2. The van der Waals surface area contributed by atoms with Gasteiger partial charge in [0.1, 0.15) is 0 Å². The van der Waals surface area contributed by atoms with E-state index in [2.05, 4.69) is 78.7 Å². The summed E-state index contributed by atoms with van der Waals surface area (Å²) in [7, 11) is 2.19. The van der Waals surface area contributed by atoms with Crippen LogP contribution < -0.4 is 10.2 Å². The van der Waals surface area contributed by atoms with E-state index in [9.17, 15) is 9.59 Å². The largest absolute Gasteiger partial charge is 0.381 e. The Morgan fingerprint density at radius 3 is 2.44 bits per heavy atom. The summed E-state index contributed by atoms with van der Waals surface area (Å²) in [5.41, 5.74) is 4.20. The molecule has 1 aromatic carbocycles. The maximum absolute atomic E-state index is 14.2. The van der Waals surface area contributed by atoms with E-state index in [1.807, 2.05) is 0 Å². The molecule has 9 heteroatoms. The summed E-state index contributed by atoms with van der Waals surface area (Å²) in [4.78, 5) is 37.6. The number of nitrogens with zero attached hydrogens (tertiary/aromatic N) is 4. The molecule has 0 aromatic heterocycles. The molecular formula is C39H65N5O4. The Bertz CT molecular complexity index is 1200. The lowest BCUT2D eigenvalue weighted by Gasteiger charge is -2.42. The van der Waals surface area contributed by atoms with Gasteiger partial charge in [0.15, 0.2) is 0 Å².